The molecular formula is C16H20N2O4S. The first-order chi connectivity index (χ1) is 10.9. The van der Waals surface area contributed by atoms with Gasteiger partial charge in [0.2, 0.25) is 10.0 Å². The van der Waals surface area contributed by atoms with Gasteiger partial charge < -0.3 is 9.84 Å². The Labute approximate surface area is 135 Å². The molecule has 2 atom stereocenters. The molecule has 2 aromatic rings. The fourth-order valence-corrected chi connectivity index (χ4v) is 4.71. The minimum atomic E-state index is -3.70. The van der Waals surface area contributed by atoms with Crippen LogP contribution in [0.3, 0.4) is 0 Å². The lowest BCUT2D eigenvalue weighted by atomic mass is 10.1. The lowest BCUT2D eigenvalue weighted by Crippen LogP contribution is -2.51. The number of rotatable bonds is 3. The van der Waals surface area contributed by atoms with Crippen LogP contribution in [0.2, 0.25) is 0 Å². The lowest BCUT2D eigenvalue weighted by molar-refractivity contribution is -0.0516. The Bertz CT molecular complexity index is 822. The van der Waals surface area contributed by atoms with Crippen molar-refractivity contribution < 1.29 is 18.3 Å². The summed E-state index contributed by atoms with van der Waals surface area (Å²) >= 11 is 0. The molecule has 1 N–H and O–H groups in total. The van der Waals surface area contributed by atoms with E-state index in [1.165, 1.54) is 4.31 Å². The Hall–Kier alpha value is -1.54. The zero-order valence-electron chi connectivity index (χ0n) is 13.1. The second-order valence-corrected chi connectivity index (χ2v) is 7.70. The zero-order chi connectivity index (χ0) is 16.6. The van der Waals surface area contributed by atoms with E-state index < -0.39 is 16.1 Å². The average molecular weight is 336 g/mol. The first kappa shape index (κ1) is 16.3. The van der Waals surface area contributed by atoms with Crippen LogP contribution >= 0.6 is 0 Å². The maximum atomic E-state index is 13.1. The van der Waals surface area contributed by atoms with Crippen molar-refractivity contribution in [2.24, 2.45) is 0 Å². The van der Waals surface area contributed by atoms with Gasteiger partial charge in [-0.3, -0.25) is 4.98 Å². The van der Waals surface area contributed by atoms with Crippen LogP contribution in [0.4, 0.5) is 0 Å². The van der Waals surface area contributed by atoms with Gasteiger partial charge in [-0.15, -0.1) is 0 Å². The summed E-state index contributed by atoms with van der Waals surface area (Å²) in [5.41, 5.74) is 1.62. The number of aryl methyl sites for hydroxylation is 1. The lowest BCUT2D eigenvalue weighted by Gasteiger charge is -2.36. The molecular weight excluding hydrogens is 316 g/mol. The number of ether oxygens (including phenoxy) is 1. The number of nitrogens with zero attached hydrogens (tertiary/aromatic N) is 2. The fraction of sp³-hybridized carbons (Fsp3) is 0.438. The first-order valence-corrected chi connectivity index (χ1v) is 8.98. The normalized spacial score (nSPS) is 23.3. The number of hydrogen-bond donors (Lipinski definition) is 1. The van der Waals surface area contributed by atoms with Gasteiger partial charge in [0.1, 0.15) is 0 Å². The molecule has 3 rings (SSSR count). The Balaban J connectivity index is 2.11. The molecule has 1 aliphatic heterocycles. The summed E-state index contributed by atoms with van der Waals surface area (Å²) in [4.78, 5) is 4.55. The van der Waals surface area contributed by atoms with Crippen molar-refractivity contribution in [3.8, 4) is 0 Å². The Morgan fingerprint density at radius 2 is 2.17 bits per heavy atom. The third-order valence-electron chi connectivity index (χ3n) is 4.17. The van der Waals surface area contributed by atoms with Crippen molar-refractivity contribution in [1.82, 2.24) is 9.29 Å². The highest BCUT2D eigenvalue weighted by atomic mass is 32.2. The highest BCUT2D eigenvalue weighted by Gasteiger charge is 2.36. The quantitative estimate of drug-likeness (QED) is 0.914. The minimum Gasteiger partial charge on any atom is -0.394 e. The Kier molecular flexibility index (Phi) is 4.37. The fourth-order valence-electron chi connectivity index (χ4n) is 2.88. The predicted molar refractivity (Wildman–Crippen MR) is 86.7 cm³/mol. The maximum absolute atomic E-state index is 13.1. The summed E-state index contributed by atoms with van der Waals surface area (Å²) in [5, 5.41) is 9.90. The molecule has 23 heavy (non-hydrogen) atoms. The van der Waals surface area contributed by atoms with Gasteiger partial charge in [-0.1, -0.05) is 6.07 Å². The summed E-state index contributed by atoms with van der Waals surface area (Å²) in [7, 11) is -3.70. The molecule has 0 spiro atoms. The van der Waals surface area contributed by atoms with Gasteiger partial charge in [0.05, 0.1) is 29.7 Å². The van der Waals surface area contributed by atoms with Gasteiger partial charge in [0.15, 0.2) is 0 Å². The number of aromatic nitrogens is 1. The van der Waals surface area contributed by atoms with Crippen molar-refractivity contribution in [2.45, 2.75) is 30.9 Å². The monoisotopic (exact) mass is 336 g/mol. The first-order valence-electron chi connectivity index (χ1n) is 7.53. The van der Waals surface area contributed by atoms with Gasteiger partial charge >= 0.3 is 0 Å². The van der Waals surface area contributed by atoms with E-state index in [2.05, 4.69) is 4.98 Å². The molecule has 0 saturated carbocycles. The van der Waals surface area contributed by atoms with Crippen LogP contribution in [0, 0.1) is 6.92 Å². The Morgan fingerprint density at radius 1 is 1.39 bits per heavy atom. The summed E-state index contributed by atoms with van der Waals surface area (Å²) in [6.45, 7) is 3.93. The zero-order valence-corrected chi connectivity index (χ0v) is 14.0. The van der Waals surface area contributed by atoms with Crippen LogP contribution in [0.15, 0.2) is 35.4 Å². The minimum absolute atomic E-state index is 0.148. The summed E-state index contributed by atoms with van der Waals surface area (Å²) in [5.74, 6) is 0. The molecule has 2 heterocycles. The molecule has 1 aromatic heterocycles. The molecule has 1 aromatic carbocycles. The largest absolute Gasteiger partial charge is 0.394 e. The molecule has 7 heteroatoms. The van der Waals surface area contributed by atoms with Crippen LogP contribution < -0.4 is 0 Å². The average Bonchev–Trinajstić information content (AvgIpc) is 2.55. The number of morpholine rings is 1. The van der Waals surface area contributed by atoms with Gasteiger partial charge in [0.25, 0.3) is 0 Å². The third kappa shape index (κ3) is 2.85. The molecule has 1 fully saturated rings. The molecule has 124 valence electrons. The number of hydrogen-bond acceptors (Lipinski definition) is 5. The highest BCUT2D eigenvalue weighted by molar-refractivity contribution is 7.89. The number of sulfonamides is 1. The van der Waals surface area contributed by atoms with E-state index in [1.54, 1.807) is 37.4 Å². The maximum Gasteiger partial charge on any atom is 0.244 e. The highest BCUT2D eigenvalue weighted by Crippen LogP contribution is 2.29. The number of benzene rings is 1. The third-order valence-corrected chi connectivity index (χ3v) is 6.21. The van der Waals surface area contributed by atoms with Crippen molar-refractivity contribution in [1.29, 1.82) is 0 Å². The summed E-state index contributed by atoms with van der Waals surface area (Å²) in [6, 6.07) is 6.63. The van der Waals surface area contributed by atoms with Gasteiger partial charge in [-0.25, -0.2) is 8.42 Å². The molecule has 1 saturated heterocycles. The number of pyridine rings is 1. The molecule has 1 aliphatic rings. The SMILES string of the molecule is Cc1ccc(S(=O)(=O)N2C[C@@H](CO)OC[C@H]2C)c2cccnc12. The van der Waals surface area contributed by atoms with Crippen molar-refractivity contribution in [3.63, 3.8) is 0 Å². The van der Waals surface area contributed by atoms with Gasteiger partial charge in [-0.2, -0.15) is 4.31 Å². The van der Waals surface area contributed by atoms with Crippen LogP contribution in [0.5, 0.6) is 0 Å². The van der Waals surface area contributed by atoms with E-state index in [0.29, 0.717) is 10.9 Å². The Morgan fingerprint density at radius 3 is 2.91 bits per heavy atom. The smallest absolute Gasteiger partial charge is 0.244 e. The van der Waals surface area contributed by atoms with Crippen molar-refractivity contribution in [3.05, 3.63) is 36.0 Å². The second-order valence-electron chi connectivity index (χ2n) is 5.84. The van der Waals surface area contributed by atoms with E-state index in [4.69, 9.17) is 4.74 Å². The molecule has 0 unspecified atom stereocenters. The number of aliphatic hydroxyl groups is 1. The topological polar surface area (TPSA) is 79.7 Å². The molecule has 6 nitrogen and oxygen atoms in total. The van der Waals surface area contributed by atoms with E-state index in [0.717, 1.165) is 5.56 Å². The second kappa shape index (κ2) is 6.16. The molecule has 0 aliphatic carbocycles. The van der Waals surface area contributed by atoms with Crippen molar-refractivity contribution in [2.75, 3.05) is 19.8 Å². The van der Waals surface area contributed by atoms with E-state index in [-0.39, 0.29) is 30.7 Å². The van der Waals surface area contributed by atoms with Gasteiger partial charge in [0, 0.05) is 24.2 Å². The van der Waals surface area contributed by atoms with Crippen LogP contribution in [-0.4, -0.2) is 54.7 Å². The number of aliphatic hydroxyl groups excluding tert-OH is 1. The van der Waals surface area contributed by atoms with E-state index in [9.17, 15) is 13.5 Å². The summed E-state index contributed by atoms with van der Waals surface area (Å²) < 4.78 is 33.1. The van der Waals surface area contributed by atoms with Gasteiger partial charge in [-0.05, 0) is 37.6 Å². The van der Waals surface area contributed by atoms with E-state index in [1.807, 2.05) is 6.92 Å². The molecule has 0 bridgehead atoms. The van der Waals surface area contributed by atoms with Crippen LogP contribution in [0.25, 0.3) is 10.9 Å². The van der Waals surface area contributed by atoms with Crippen LogP contribution in [0.1, 0.15) is 12.5 Å². The molecule has 0 radical (unpaired) electrons. The van der Waals surface area contributed by atoms with Crippen LogP contribution in [-0.2, 0) is 14.8 Å². The number of fused-ring (bicyclic) bond motifs is 1. The van der Waals surface area contributed by atoms with E-state index >= 15 is 0 Å². The van der Waals surface area contributed by atoms with Crippen molar-refractivity contribution >= 4 is 20.9 Å². The summed E-state index contributed by atoms with van der Waals surface area (Å²) in [6.07, 6.45) is 1.17. The molecule has 0 amide bonds. The standard InChI is InChI=1S/C16H20N2O4S/c1-11-5-6-15(14-4-3-7-17-16(11)14)23(20,21)18-8-13(9-19)22-10-12(18)2/h3-7,12-13,19H,8-10H2,1-2H3/t12-,13+/m1/s1. The predicted octanol–water partition coefficient (Wildman–Crippen LogP) is 1.31.